The molecule has 4 N–H and O–H groups in total. The number of furan rings is 1. The summed E-state index contributed by atoms with van der Waals surface area (Å²) >= 11 is 0. The molecule has 1 heterocycles. The third kappa shape index (κ3) is 7.59. The smallest absolute Gasteiger partial charge is 0.374 e. The highest BCUT2D eigenvalue weighted by Gasteiger charge is 2.23. The van der Waals surface area contributed by atoms with Gasteiger partial charge in [-0.15, -0.1) is 0 Å². The molecule has 37 heavy (non-hydrogen) atoms. The minimum Gasteiger partial charge on any atom is -0.493 e. The third-order valence-electron chi connectivity index (χ3n) is 5.23. The number of methoxy groups -OCH3 is 3. The van der Waals surface area contributed by atoms with Crippen LogP contribution in [0.15, 0.2) is 65.1 Å². The molecule has 0 saturated carbocycles. The van der Waals surface area contributed by atoms with Gasteiger partial charge in [-0.25, -0.2) is 4.79 Å². The number of rotatable bonds is 10. The number of guanidine groups is 1. The first kappa shape index (κ1) is 26.8. The topological polar surface area (TPSA) is 152 Å². The van der Waals surface area contributed by atoms with Crippen molar-refractivity contribution >= 4 is 29.6 Å². The molecule has 0 fully saturated rings. The molecule has 0 spiro atoms. The number of esters is 1. The van der Waals surface area contributed by atoms with Crippen LogP contribution < -0.4 is 25.4 Å². The summed E-state index contributed by atoms with van der Waals surface area (Å²) in [6, 6.07) is 16.1. The van der Waals surface area contributed by atoms with Gasteiger partial charge in [-0.1, -0.05) is 36.4 Å². The fourth-order valence-electron chi connectivity index (χ4n) is 3.45. The van der Waals surface area contributed by atoms with Crippen molar-refractivity contribution in [2.75, 3.05) is 26.6 Å². The summed E-state index contributed by atoms with van der Waals surface area (Å²) in [5.41, 5.74) is 1.48. The van der Waals surface area contributed by atoms with Crippen LogP contribution in [0.2, 0.25) is 0 Å². The van der Waals surface area contributed by atoms with E-state index in [1.54, 1.807) is 18.2 Å². The number of anilines is 1. The Morgan fingerprint density at radius 3 is 2.32 bits per heavy atom. The largest absolute Gasteiger partial charge is 0.493 e. The zero-order valence-electron chi connectivity index (χ0n) is 20.6. The van der Waals surface area contributed by atoms with E-state index in [-0.39, 0.29) is 30.4 Å². The standard InChI is InChI=1S/C26H28N4O7/c1-34-19-10-9-17(14-21(19)35-2)15-22(31)29-26(27)28-18(13-16-7-5-4-6-8-16)24(32)30-23-12-11-20(37-23)25(33)36-3/h4-12,14,18H,13,15H2,1-3H3,(H,30,32)(H3,27,28,29,31)/t18-/m1/s1. The van der Waals surface area contributed by atoms with E-state index < -0.39 is 23.8 Å². The van der Waals surface area contributed by atoms with Crippen molar-refractivity contribution in [1.29, 1.82) is 5.41 Å². The quantitative estimate of drug-likeness (QED) is 0.185. The predicted octanol–water partition coefficient (Wildman–Crippen LogP) is 2.52. The predicted molar refractivity (Wildman–Crippen MR) is 135 cm³/mol. The summed E-state index contributed by atoms with van der Waals surface area (Å²) in [6.45, 7) is 0. The number of ether oxygens (including phenoxy) is 3. The van der Waals surface area contributed by atoms with Gasteiger partial charge in [0.1, 0.15) is 6.04 Å². The minimum atomic E-state index is -0.942. The van der Waals surface area contributed by atoms with Gasteiger partial charge in [0, 0.05) is 12.5 Å². The van der Waals surface area contributed by atoms with Gasteiger partial charge in [0.15, 0.2) is 17.5 Å². The van der Waals surface area contributed by atoms with Crippen LogP contribution in [0.4, 0.5) is 5.88 Å². The van der Waals surface area contributed by atoms with Crippen molar-refractivity contribution < 1.29 is 33.0 Å². The van der Waals surface area contributed by atoms with Crippen molar-refractivity contribution in [3.05, 3.63) is 77.6 Å². The molecular formula is C26H28N4O7. The average Bonchev–Trinajstić information content (AvgIpc) is 3.36. The first-order valence-corrected chi connectivity index (χ1v) is 11.2. The molecule has 1 atom stereocenters. The number of carbonyl (C=O) groups excluding carboxylic acids is 3. The van der Waals surface area contributed by atoms with Crippen LogP contribution in [-0.2, 0) is 27.2 Å². The SMILES string of the molecule is COC(=O)c1ccc(NC(=O)[C@@H](Cc2ccccc2)NC(=N)NC(=O)Cc2ccc(OC)c(OC)c2)o1. The van der Waals surface area contributed by atoms with Gasteiger partial charge in [0.05, 0.1) is 27.8 Å². The van der Waals surface area contributed by atoms with Gasteiger partial charge in [0.25, 0.3) is 0 Å². The normalized spacial score (nSPS) is 11.1. The number of hydrogen-bond donors (Lipinski definition) is 4. The molecule has 0 aliphatic carbocycles. The zero-order valence-corrected chi connectivity index (χ0v) is 20.6. The molecule has 2 amide bonds. The number of amides is 2. The molecular weight excluding hydrogens is 480 g/mol. The second kappa shape index (κ2) is 12.8. The molecule has 0 unspecified atom stereocenters. The van der Waals surface area contributed by atoms with Crippen LogP contribution in [0, 0.1) is 5.41 Å². The van der Waals surface area contributed by atoms with E-state index in [1.165, 1.54) is 33.5 Å². The number of benzene rings is 2. The van der Waals surface area contributed by atoms with E-state index in [9.17, 15) is 14.4 Å². The maximum absolute atomic E-state index is 13.0. The fourth-order valence-corrected chi connectivity index (χ4v) is 3.45. The van der Waals surface area contributed by atoms with E-state index in [4.69, 9.17) is 19.3 Å². The molecule has 0 bridgehead atoms. The molecule has 0 aliphatic heterocycles. The van der Waals surface area contributed by atoms with E-state index in [1.807, 2.05) is 30.3 Å². The summed E-state index contributed by atoms with van der Waals surface area (Å²) in [6.07, 6.45) is 0.188. The Kier molecular flexibility index (Phi) is 9.25. The minimum absolute atomic E-state index is 0.0251. The highest BCUT2D eigenvalue weighted by Crippen LogP contribution is 2.27. The average molecular weight is 509 g/mol. The summed E-state index contributed by atoms with van der Waals surface area (Å²) in [4.78, 5) is 37.2. The lowest BCUT2D eigenvalue weighted by Crippen LogP contribution is -2.51. The van der Waals surface area contributed by atoms with E-state index in [2.05, 4.69) is 20.7 Å². The number of carbonyl (C=O) groups is 3. The van der Waals surface area contributed by atoms with Crippen LogP contribution in [0.3, 0.4) is 0 Å². The highest BCUT2D eigenvalue weighted by molar-refractivity contribution is 6.01. The fraction of sp³-hybridized carbons (Fsp3) is 0.231. The summed E-state index contributed by atoms with van der Waals surface area (Å²) in [5, 5.41) is 16.0. The maximum Gasteiger partial charge on any atom is 0.374 e. The van der Waals surface area contributed by atoms with Crippen molar-refractivity contribution in [2.45, 2.75) is 18.9 Å². The lowest BCUT2D eigenvalue weighted by molar-refractivity contribution is -0.120. The Bertz CT molecular complexity index is 1260. The van der Waals surface area contributed by atoms with E-state index in [0.29, 0.717) is 17.1 Å². The second-order valence-corrected chi connectivity index (χ2v) is 7.82. The monoisotopic (exact) mass is 508 g/mol. The van der Waals surface area contributed by atoms with Crippen molar-refractivity contribution in [2.24, 2.45) is 0 Å². The second-order valence-electron chi connectivity index (χ2n) is 7.82. The Morgan fingerprint density at radius 2 is 1.65 bits per heavy atom. The molecule has 194 valence electrons. The lowest BCUT2D eigenvalue weighted by Gasteiger charge is -2.20. The van der Waals surface area contributed by atoms with Gasteiger partial charge >= 0.3 is 5.97 Å². The Morgan fingerprint density at radius 1 is 0.919 bits per heavy atom. The Balaban J connectivity index is 1.66. The van der Waals surface area contributed by atoms with Crippen molar-refractivity contribution in [1.82, 2.24) is 10.6 Å². The number of nitrogens with one attached hydrogen (secondary N) is 4. The first-order chi connectivity index (χ1) is 17.8. The molecule has 2 aromatic carbocycles. The lowest BCUT2D eigenvalue weighted by atomic mass is 10.1. The van der Waals surface area contributed by atoms with Crippen LogP contribution in [0.5, 0.6) is 11.5 Å². The molecule has 1 aromatic heterocycles. The highest BCUT2D eigenvalue weighted by atomic mass is 16.5. The van der Waals surface area contributed by atoms with Crippen LogP contribution in [-0.4, -0.2) is 51.1 Å². The maximum atomic E-state index is 13.0. The van der Waals surface area contributed by atoms with Crippen LogP contribution in [0.1, 0.15) is 21.7 Å². The zero-order chi connectivity index (χ0) is 26.8. The van der Waals surface area contributed by atoms with Crippen molar-refractivity contribution in [3.8, 4) is 11.5 Å². The van der Waals surface area contributed by atoms with Crippen LogP contribution >= 0.6 is 0 Å². The summed E-state index contributed by atoms with van der Waals surface area (Å²) < 4.78 is 20.4. The molecule has 0 aliphatic rings. The third-order valence-corrected chi connectivity index (χ3v) is 5.23. The van der Waals surface area contributed by atoms with E-state index >= 15 is 0 Å². The van der Waals surface area contributed by atoms with Crippen LogP contribution in [0.25, 0.3) is 0 Å². The van der Waals surface area contributed by atoms with Gasteiger partial charge < -0.3 is 23.9 Å². The van der Waals surface area contributed by atoms with Gasteiger partial charge in [-0.3, -0.25) is 25.6 Å². The molecule has 0 radical (unpaired) electrons. The first-order valence-electron chi connectivity index (χ1n) is 11.2. The molecule has 11 heteroatoms. The Hall–Kier alpha value is -4.80. The van der Waals surface area contributed by atoms with Gasteiger partial charge in [-0.05, 0) is 29.3 Å². The Labute approximate surface area is 213 Å². The summed E-state index contributed by atoms with van der Waals surface area (Å²) in [5.74, 6) is -1.05. The number of hydrogen-bond acceptors (Lipinski definition) is 8. The molecule has 11 nitrogen and oxygen atoms in total. The van der Waals surface area contributed by atoms with Gasteiger partial charge in [-0.2, -0.15) is 0 Å². The van der Waals surface area contributed by atoms with Gasteiger partial charge in [0.2, 0.25) is 23.5 Å². The molecule has 3 rings (SSSR count). The molecule has 0 saturated heterocycles. The van der Waals surface area contributed by atoms with E-state index in [0.717, 1.165) is 5.56 Å². The molecule has 3 aromatic rings. The van der Waals surface area contributed by atoms with Crippen molar-refractivity contribution in [3.63, 3.8) is 0 Å². The summed E-state index contributed by atoms with van der Waals surface area (Å²) in [7, 11) is 4.23.